The second-order valence-electron chi connectivity index (χ2n) is 3.90. The van der Waals surface area contributed by atoms with E-state index in [-0.39, 0.29) is 16.9 Å². The van der Waals surface area contributed by atoms with Gasteiger partial charge in [-0.2, -0.15) is 4.98 Å². The van der Waals surface area contributed by atoms with Crippen molar-refractivity contribution in [3.8, 4) is 0 Å². The summed E-state index contributed by atoms with van der Waals surface area (Å²) in [5.41, 5.74) is -0.332. The Labute approximate surface area is 98.6 Å². The summed E-state index contributed by atoms with van der Waals surface area (Å²) in [7, 11) is 1.70. The van der Waals surface area contributed by atoms with E-state index in [1.54, 1.807) is 13.1 Å². The SMILES string of the molecule is CC1COCCN1c1cc(Cl)nc(=O)n1C. The van der Waals surface area contributed by atoms with Crippen molar-refractivity contribution in [1.82, 2.24) is 9.55 Å². The van der Waals surface area contributed by atoms with Gasteiger partial charge in [0, 0.05) is 19.7 Å². The van der Waals surface area contributed by atoms with E-state index >= 15 is 0 Å². The van der Waals surface area contributed by atoms with Gasteiger partial charge in [-0.3, -0.25) is 4.57 Å². The van der Waals surface area contributed by atoms with E-state index in [0.29, 0.717) is 13.2 Å². The predicted molar refractivity (Wildman–Crippen MR) is 62.1 cm³/mol. The van der Waals surface area contributed by atoms with Crippen LogP contribution in [0.2, 0.25) is 5.15 Å². The lowest BCUT2D eigenvalue weighted by atomic mass is 10.2. The van der Waals surface area contributed by atoms with E-state index in [4.69, 9.17) is 16.3 Å². The van der Waals surface area contributed by atoms with Crippen molar-refractivity contribution in [2.45, 2.75) is 13.0 Å². The molecule has 0 aromatic carbocycles. The minimum Gasteiger partial charge on any atom is -0.377 e. The maximum absolute atomic E-state index is 11.5. The van der Waals surface area contributed by atoms with Crippen molar-refractivity contribution in [3.63, 3.8) is 0 Å². The number of ether oxygens (including phenoxy) is 1. The summed E-state index contributed by atoms with van der Waals surface area (Å²) in [6.45, 7) is 4.14. The first-order chi connectivity index (χ1) is 7.59. The molecule has 1 aliphatic rings. The van der Waals surface area contributed by atoms with Gasteiger partial charge in [-0.15, -0.1) is 0 Å². The molecule has 88 valence electrons. The zero-order valence-electron chi connectivity index (χ0n) is 9.31. The maximum Gasteiger partial charge on any atom is 0.350 e. The lowest BCUT2D eigenvalue weighted by molar-refractivity contribution is 0.0981. The van der Waals surface area contributed by atoms with E-state index in [9.17, 15) is 4.79 Å². The molecule has 1 unspecified atom stereocenters. The molecule has 1 atom stereocenters. The summed E-state index contributed by atoms with van der Waals surface area (Å²) in [4.78, 5) is 17.3. The van der Waals surface area contributed by atoms with Crippen LogP contribution in [-0.2, 0) is 11.8 Å². The number of halogens is 1. The predicted octanol–water partition coefficient (Wildman–Crippen LogP) is 0.659. The van der Waals surface area contributed by atoms with Gasteiger partial charge in [-0.05, 0) is 6.92 Å². The molecule has 6 heteroatoms. The molecule has 0 radical (unpaired) electrons. The highest BCUT2D eigenvalue weighted by atomic mass is 35.5. The third-order valence-electron chi connectivity index (χ3n) is 2.74. The third kappa shape index (κ3) is 2.05. The van der Waals surface area contributed by atoms with Gasteiger partial charge >= 0.3 is 5.69 Å². The smallest absolute Gasteiger partial charge is 0.350 e. The highest BCUT2D eigenvalue weighted by Crippen LogP contribution is 2.19. The molecular weight excluding hydrogens is 230 g/mol. The second-order valence-corrected chi connectivity index (χ2v) is 4.28. The van der Waals surface area contributed by atoms with Crippen LogP contribution in [0.15, 0.2) is 10.9 Å². The summed E-state index contributed by atoms with van der Waals surface area (Å²) in [6.07, 6.45) is 0. The molecule has 0 saturated carbocycles. The molecule has 2 rings (SSSR count). The van der Waals surface area contributed by atoms with Gasteiger partial charge in [0.1, 0.15) is 11.0 Å². The Morgan fingerprint density at radius 2 is 2.38 bits per heavy atom. The molecule has 2 heterocycles. The van der Waals surface area contributed by atoms with E-state index in [2.05, 4.69) is 16.8 Å². The molecule has 0 spiro atoms. The molecular formula is C10H14ClN3O2. The Bertz CT molecular complexity index is 446. The largest absolute Gasteiger partial charge is 0.377 e. The van der Waals surface area contributed by atoms with Gasteiger partial charge in [-0.25, -0.2) is 4.79 Å². The average Bonchev–Trinajstić information content (AvgIpc) is 2.24. The van der Waals surface area contributed by atoms with Crippen LogP contribution in [0.3, 0.4) is 0 Å². The van der Waals surface area contributed by atoms with Crippen LogP contribution in [0.25, 0.3) is 0 Å². The first-order valence-corrected chi connectivity index (χ1v) is 5.55. The van der Waals surface area contributed by atoms with Crippen LogP contribution in [0.5, 0.6) is 0 Å². The fourth-order valence-electron chi connectivity index (χ4n) is 1.84. The van der Waals surface area contributed by atoms with Crippen LogP contribution in [-0.4, -0.2) is 35.4 Å². The molecule has 5 nitrogen and oxygen atoms in total. The zero-order valence-corrected chi connectivity index (χ0v) is 10.1. The standard InChI is InChI=1S/C10H14ClN3O2/c1-7-6-16-4-3-14(7)9-5-8(11)12-10(15)13(9)2/h5,7H,3-4,6H2,1-2H3. The number of anilines is 1. The molecule has 0 bridgehead atoms. The molecule has 0 aliphatic carbocycles. The van der Waals surface area contributed by atoms with Crippen molar-refractivity contribution >= 4 is 17.4 Å². The highest BCUT2D eigenvalue weighted by molar-refractivity contribution is 6.29. The van der Waals surface area contributed by atoms with Crippen molar-refractivity contribution in [2.24, 2.45) is 7.05 Å². The van der Waals surface area contributed by atoms with E-state index in [1.165, 1.54) is 4.57 Å². The van der Waals surface area contributed by atoms with Crippen LogP contribution >= 0.6 is 11.6 Å². The summed E-state index contributed by atoms with van der Waals surface area (Å²) in [5.74, 6) is 0.792. The fraction of sp³-hybridized carbons (Fsp3) is 0.600. The Morgan fingerprint density at radius 1 is 1.62 bits per heavy atom. The van der Waals surface area contributed by atoms with Crippen molar-refractivity contribution < 1.29 is 4.74 Å². The Kier molecular flexibility index (Phi) is 3.16. The summed E-state index contributed by atoms with van der Waals surface area (Å²) in [6, 6.07) is 1.95. The Morgan fingerprint density at radius 3 is 3.06 bits per heavy atom. The van der Waals surface area contributed by atoms with Crippen molar-refractivity contribution in [1.29, 1.82) is 0 Å². The van der Waals surface area contributed by atoms with Crippen LogP contribution < -0.4 is 10.6 Å². The minimum atomic E-state index is -0.332. The van der Waals surface area contributed by atoms with Gasteiger partial charge in [0.05, 0.1) is 19.3 Å². The number of aromatic nitrogens is 2. The lowest BCUT2D eigenvalue weighted by Gasteiger charge is -2.35. The molecule has 0 N–H and O–H groups in total. The third-order valence-corrected chi connectivity index (χ3v) is 2.94. The topological polar surface area (TPSA) is 47.4 Å². The Hall–Kier alpha value is -1.07. The van der Waals surface area contributed by atoms with Gasteiger partial charge in [0.15, 0.2) is 0 Å². The van der Waals surface area contributed by atoms with Gasteiger partial charge in [0.25, 0.3) is 0 Å². The molecule has 1 aliphatic heterocycles. The summed E-state index contributed by atoms with van der Waals surface area (Å²) < 4.78 is 6.86. The Balaban J connectivity index is 2.42. The van der Waals surface area contributed by atoms with Crippen LogP contribution in [0, 0.1) is 0 Å². The first kappa shape index (κ1) is 11.4. The number of nitrogens with zero attached hydrogens (tertiary/aromatic N) is 3. The van der Waals surface area contributed by atoms with E-state index in [0.717, 1.165) is 12.4 Å². The minimum absolute atomic E-state index is 0.233. The summed E-state index contributed by atoms with van der Waals surface area (Å²) in [5, 5.41) is 0.233. The quantitative estimate of drug-likeness (QED) is 0.680. The maximum atomic E-state index is 11.5. The monoisotopic (exact) mass is 243 g/mol. The molecule has 1 fully saturated rings. The molecule has 1 aromatic heterocycles. The normalized spacial score (nSPS) is 21.2. The van der Waals surface area contributed by atoms with Gasteiger partial charge in [-0.1, -0.05) is 11.6 Å². The zero-order chi connectivity index (χ0) is 11.7. The average molecular weight is 244 g/mol. The number of hydrogen-bond acceptors (Lipinski definition) is 4. The number of rotatable bonds is 1. The van der Waals surface area contributed by atoms with Gasteiger partial charge in [0.2, 0.25) is 0 Å². The lowest BCUT2D eigenvalue weighted by Crippen LogP contribution is -2.46. The molecule has 1 aromatic rings. The highest BCUT2D eigenvalue weighted by Gasteiger charge is 2.21. The second kappa shape index (κ2) is 4.43. The van der Waals surface area contributed by atoms with Crippen LogP contribution in [0.4, 0.5) is 5.82 Å². The van der Waals surface area contributed by atoms with Gasteiger partial charge < -0.3 is 9.64 Å². The molecule has 1 saturated heterocycles. The number of morpholine rings is 1. The molecule has 0 amide bonds. The number of hydrogen-bond donors (Lipinski definition) is 0. The molecule has 16 heavy (non-hydrogen) atoms. The van der Waals surface area contributed by atoms with E-state index < -0.39 is 0 Å². The summed E-state index contributed by atoms with van der Waals surface area (Å²) >= 11 is 5.81. The van der Waals surface area contributed by atoms with Crippen LogP contribution in [0.1, 0.15) is 6.92 Å². The first-order valence-electron chi connectivity index (χ1n) is 5.17. The van der Waals surface area contributed by atoms with E-state index in [1.807, 2.05) is 0 Å². The van der Waals surface area contributed by atoms with Crippen molar-refractivity contribution in [3.05, 3.63) is 21.7 Å². The van der Waals surface area contributed by atoms with Crippen molar-refractivity contribution in [2.75, 3.05) is 24.7 Å². The fourth-order valence-corrected chi connectivity index (χ4v) is 2.01.